The summed E-state index contributed by atoms with van der Waals surface area (Å²) in [5.41, 5.74) is 4.38. The van der Waals surface area contributed by atoms with Gasteiger partial charge in [-0.2, -0.15) is 0 Å². The minimum Gasteiger partial charge on any atom is -0.349 e. The largest absolute Gasteiger partial charge is 0.349 e. The Kier molecular flexibility index (Phi) is 4.29. The molecular weight excluding hydrogens is 348 g/mol. The van der Waals surface area contributed by atoms with E-state index in [1.54, 1.807) is 11.0 Å². The number of nitrogens with one attached hydrogen (secondary N) is 1. The Morgan fingerprint density at radius 3 is 2.73 bits per heavy atom. The van der Waals surface area contributed by atoms with E-state index in [-0.39, 0.29) is 24.3 Å². The fourth-order valence-corrected chi connectivity index (χ4v) is 4.09. The highest BCUT2D eigenvalue weighted by Crippen LogP contribution is 2.35. The summed E-state index contributed by atoms with van der Waals surface area (Å²) < 4.78 is 0. The van der Waals surface area contributed by atoms with Crippen molar-refractivity contribution in [3.05, 3.63) is 76.3 Å². The van der Waals surface area contributed by atoms with E-state index in [4.69, 9.17) is 11.6 Å². The molecule has 0 bridgehead atoms. The van der Waals surface area contributed by atoms with Crippen LogP contribution in [0, 0.1) is 0 Å². The molecule has 2 amide bonds. The van der Waals surface area contributed by atoms with Crippen LogP contribution in [0.2, 0.25) is 5.02 Å². The van der Waals surface area contributed by atoms with Crippen LogP contribution in [0.15, 0.2) is 49.0 Å². The lowest BCUT2D eigenvalue weighted by atomic mass is 10.1. The van der Waals surface area contributed by atoms with Crippen LogP contribution in [-0.2, 0) is 11.2 Å². The number of carbonyl (C=O) groups is 2. The lowest BCUT2D eigenvalue weighted by molar-refractivity contribution is -0.121. The predicted octanol–water partition coefficient (Wildman–Crippen LogP) is 3.96. The Bertz CT molecular complexity index is 887. The Balaban J connectivity index is 1.38. The van der Waals surface area contributed by atoms with Crippen LogP contribution >= 0.6 is 11.6 Å². The number of hydrogen-bond acceptors (Lipinski definition) is 2. The van der Waals surface area contributed by atoms with Gasteiger partial charge in [0.2, 0.25) is 5.91 Å². The van der Waals surface area contributed by atoms with Crippen LogP contribution in [0.5, 0.6) is 0 Å². The third-order valence-corrected chi connectivity index (χ3v) is 5.50. The van der Waals surface area contributed by atoms with Crippen LogP contribution in [0.3, 0.4) is 0 Å². The molecule has 0 radical (unpaired) electrons. The number of amides is 2. The number of carbonyl (C=O) groups excluding carboxylic acids is 2. The first-order valence-corrected chi connectivity index (χ1v) is 9.11. The Labute approximate surface area is 157 Å². The van der Waals surface area contributed by atoms with Gasteiger partial charge < -0.3 is 10.2 Å². The third kappa shape index (κ3) is 2.80. The predicted molar refractivity (Wildman–Crippen MR) is 102 cm³/mol. The second-order valence-corrected chi connectivity index (χ2v) is 7.07. The molecule has 1 atom stereocenters. The molecule has 2 aromatic rings. The third-order valence-electron chi connectivity index (χ3n) is 5.15. The molecule has 0 unspecified atom stereocenters. The number of benzene rings is 2. The molecule has 2 aliphatic rings. The molecule has 2 aromatic carbocycles. The summed E-state index contributed by atoms with van der Waals surface area (Å²) in [6, 6.07) is 13.2. The molecule has 1 aliphatic carbocycles. The molecule has 132 valence electrons. The second-order valence-electron chi connectivity index (χ2n) is 6.67. The van der Waals surface area contributed by atoms with E-state index in [9.17, 15) is 9.59 Å². The average molecular weight is 367 g/mol. The van der Waals surface area contributed by atoms with E-state index in [0.717, 1.165) is 34.6 Å². The minimum absolute atomic E-state index is 0.00845. The molecule has 0 saturated heterocycles. The van der Waals surface area contributed by atoms with Crippen molar-refractivity contribution in [3.63, 3.8) is 0 Å². The summed E-state index contributed by atoms with van der Waals surface area (Å²) in [6.45, 7) is 4.33. The van der Waals surface area contributed by atoms with Gasteiger partial charge in [-0.1, -0.05) is 48.5 Å². The second kappa shape index (κ2) is 6.61. The van der Waals surface area contributed by atoms with Crippen molar-refractivity contribution in [2.75, 3.05) is 6.54 Å². The Hall–Kier alpha value is -2.59. The van der Waals surface area contributed by atoms with E-state index in [2.05, 4.69) is 11.9 Å². The molecule has 4 nitrogen and oxygen atoms in total. The fourth-order valence-electron chi connectivity index (χ4n) is 3.81. The van der Waals surface area contributed by atoms with E-state index in [1.165, 1.54) is 0 Å². The van der Waals surface area contributed by atoms with Gasteiger partial charge in [0.15, 0.2) is 0 Å². The molecule has 1 aliphatic heterocycles. The first-order valence-electron chi connectivity index (χ1n) is 8.73. The van der Waals surface area contributed by atoms with Crippen LogP contribution in [-0.4, -0.2) is 23.3 Å². The molecule has 1 heterocycles. The smallest absolute Gasteiger partial charge is 0.258 e. The van der Waals surface area contributed by atoms with Crippen molar-refractivity contribution < 1.29 is 9.59 Å². The summed E-state index contributed by atoms with van der Waals surface area (Å²) in [6.07, 6.45) is 1.97. The van der Waals surface area contributed by atoms with Gasteiger partial charge in [-0.3, -0.25) is 9.59 Å². The Morgan fingerprint density at radius 2 is 1.96 bits per heavy atom. The zero-order chi connectivity index (χ0) is 18.3. The van der Waals surface area contributed by atoms with Crippen LogP contribution < -0.4 is 5.32 Å². The van der Waals surface area contributed by atoms with Gasteiger partial charge in [-0.25, -0.2) is 0 Å². The quantitative estimate of drug-likeness (QED) is 0.890. The van der Waals surface area contributed by atoms with Crippen molar-refractivity contribution in [2.45, 2.75) is 25.3 Å². The number of rotatable bonds is 4. The van der Waals surface area contributed by atoms with Gasteiger partial charge in [-0.05, 0) is 36.1 Å². The molecule has 1 N–H and O–H groups in total. The van der Waals surface area contributed by atoms with Crippen molar-refractivity contribution in [3.8, 4) is 0 Å². The summed E-state index contributed by atoms with van der Waals surface area (Å²) in [4.78, 5) is 26.5. The molecule has 0 aromatic heterocycles. The Morgan fingerprint density at radius 1 is 1.19 bits per heavy atom. The maximum absolute atomic E-state index is 12.5. The maximum atomic E-state index is 12.5. The first-order chi connectivity index (χ1) is 12.6. The summed E-state index contributed by atoms with van der Waals surface area (Å²) >= 11 is 6.23. The standard InChI is InChI=1S/C21H19ClN2O2/c1-13-14-5-2-3-6-17(14)21(26)24(13)12-11-20(25)23-19-10-9-15-16(19)7-4-8-18(15)22/h2-8,19H,1,9-12H2,(H,23,25)/t19-/m0/s1. The summed E-state index contributed by atoms with van der Waals surface area (Å²) in [7, 11) is 0. The minimum atomic E-state index is -0.0867. The van der Waals surface area contributed by atoms with Crippen LogP contribution in [0.1, 0.15) is 45.9 Å². The van der Waals surface area contributed by atoms with Crippen LogP contribution in [0.4, 0.5) is 0 Å². The lowest BCUT2D eigenvalue weighted by Crippen LogP contribution is -2.32. The van der Waals surface area contributed by atoms with Gasteiger partial charge in [0.1, 0.15) is 0 Å². The zero-order valence-corrected chi connectivity index (χ0v) is 15.1. The molecular formula is C21H19ClN2O2. The van der Waals surface area contributed by atoms with Crippen molar-refractivity contribution in [1.82, 2.24) is 10.2 Å². The number of fused-ring (bicyclic) bond motifs is 2. The van der Waals surface area contributed by atoms with E-state index >= 15 is 0 Å². The highest BCUT2D eigenvalue weighted by Gasteiger charge is 2.31. The van der Waals surface area contributed by atoms with Gasteiger partial charge in [0, 0.05) is 34.8 Å². The van der Waals surface area contributed by atoms with Gasteiger partial charge in [0.25, 0.3) is 5.91 Å². The highest BCUT2D eigenvalue weighted by atomic mass is 35.5. The van der Waals surface area contributed by atoms with Gasteiger partial charge in [-0.15, -0.1) is 0 Å². The maximum Gasteiger partial charge on any atom is 0.258 e. The average Bonchev–Trinajstić information content (AvgIpc) is 3.15. The number of halogens is 1. The van der Waals surface area contributed by atoms with Crippen LogP contribution in [0.25, 0.3) is 5.70 Å². The first kappa shape index (κ1) is 16.9. The number of hydrogen-bond donors (Lipinski definition) is 1. The normalized spacial score (nSPS) is 18.0. The molecule has 0 saturated carbocycles. The molecule has 26 heavy (non-hydrogen) atoms. The SMILES string of the molecule is C=C1c2ccccc2C(=O)N1CCC(=O)N[C@H]1CCc2c(Cl)cccc21. The molecule has 0 fully saturated rings. The van der Waals surface area contributed by atoms with E-state index < -0.39 is 0 Å². The zero-order valence-electron chi connectivity index (χ0n) is 14.3. The van der Waals surface area contributed by atoms with E-state index in [1.807, 2.05) is 36.4 Å². The van der Waals surface area contributed by atoms with Crippen molar-refractivity contribution >= 4 is 29.1 Å². The number of nitrogens with zero attached hydrogens (tertiary/aromatic N) is 1. The van der Waals surface area contributed by atoms with Gasteiger partial charge in [0.05, 0.1) is 6.04 Å². The van der Waals surface area contributed by atoms with E-state index in [0.29, 0.717) is 17.8 Å². The van der Waals surface area contributed by atoms with Gasteiger partial charge >= 0.3 is 0 Å². The van der Waals surface area contributed by atoms with Crippen molar-refractivity contribution in [2.24, 2.45) is 0 Å². The molecule has 5 heteroatoms. The summed E-state index contributed by atoms with van der Waals surface area (Å²) in [5, 5.41) is 3.83. The topological polar surface area (TPSA) is 49.4 Å². The fraction of sp³-hybridized carbons (Fsp3) is 0.238. The van der Waals surface area contributed by atoms with Crippen molar-refractivity contribution in [1.29, 1.82) is 0 Å². The molecule has 4 rings (SSSR count). The highest BCUT2D eigenvalue weighted by molar-refractivity contribution is 6.31. The molecule has 0 spiro atoms. The lowest BCUT2D eigenvalue weighted by Gasteiger charge is -2.19. The summed E-state index contributed by atoms with van der Waals surface area (Å²) in [5.74, 6) is -0.157. The monoisotopic (exact) mass is 366 g/mol.